The molecule has 0 fully saturated rings. The van der Waals surface area contributed by atoms with Crippen LogP contribution in [-0.2, 0) is 6.42 Å². The second-order valence-electron chi connectivity index (χ2n) is 4.69. The Morgan fingerprint density at radius 1 is 1.19 bits per heavy atom. The quantitative estimate of drug-likeness (QED) is 0.658. The van der Waals surface area contributed by atoms with E-state index in [0.29, 0.717) is 0 Å². The monoisotopic (exact) mass is 219 g/mol. The van der Waals surface area contributed by atoms with Gasteiger partial charge in [-0.15, -0.1) is 0 Å². The van der Waals surface area contributed by atoms with Gasteiger partial charge in [-0.1, -0.05) is 44.2 Å². The van der Waals surface area contributed by atoms with E-state index in [1.165, 1.54) is 37.8 Å². The van der Waals surface area contributed by atoms with Crippen molar-refractivity contribution >= 4 is 0 Å². The van der Waals surface area contributed by atoms with Gasteiger partial charge in [0, 0.05) is 0 Å². The summed E-state index contributed by atoms with van der Waals surface area (Å²) < 4.78 is 0. The fourth-order valence-electron chi connectivity index (χ4n) is 1.93. The lowest BCUT2D eigenvalue weighted by molar-refractivity contribution is 0.467. The Morgan fingerprint density at radius 2 is 1.94 bits per heavy atom. The molecule has 16 heavy (non-hydrogen) atoms. The summed E-state index contributed by atoms with van der Waals surface area (Å²) in [6.07, 6.45) is 5.08. The molecule has 0 spiro atoms. The van der Waals surface area contributed by atoms with Crippen LogP contribution < -0.4 is 5.32 Å². The van der Waals surface area contributed by atoms with E-state index in [9.17, 15) is 0 Å². The largest absolute Gasteiger partial charge is 0.316 e. The molecule has 1 rings (SSSR count). The minimum atomic E-state index is 0.801. The first-order valence-electron chi connectivity index (χ1n) is 6.57. The minimum absolute atomic E-state index is 0.801. The predicted octanol–water partition coefficient (Wildman–Crippen LogP) is 3.65. The van der Waals surface area contributed by atoms with Gasteiger partial charge < -0.3 is 5.32 Å². The highest BCUT2D eigenvalue weighted by Crippen LogP contribution is 2.09. The number of benzene rings is 1. The van der Waals surface area contributed by atoms with E-state index in [2.05, 4.69) is 49.5 Å². The molecule has 0 bridgehead atoms. The molecule has 1 aromatic carbocycles. The number of hydrogen-bond donors (Lipinski definition) is 1. The minimum Gasteiger partial charge on any atom is -0.316 e. The van der Waals surface area contributed by atoms with Crippen LogP contribution in [0.3, 0.4) is 0 Å². The van der Waals surface area contributed by atoms with Crippen LogP contribution in [0.15, 0.2) is 30.3 Å². The third-order valence-electron chi connectivity index (χ3n) is 2.92. The second-order valence-corrected chi connectivity index (χ2v) is 4.69. The molecule has 90 valence electrons. The average molecular weight is 219 g/mol. The summed E-state index contributed by atoms with van der Waals surface area (Å²) >= 11 is 0. The van der Waals surface area contributed by atoms with E-state index in [4.69, 9.17) is 0 Å². The lowest BCUT2D eigenvalue weighted by atomic mass is 10.0. The van der Waals surface area contributed by atoms with Crippen molar-refractivity contribution in [2.45, 2.75) is 39.5 Å². The number of rotatable bonds is 8. The van der Waals surface area contributed by atoms with Crippen molar-refractivity contribution in [3.05, 3.63) is 35.9 Å². The summed E-state index contributed by atoms with van der Waals surface area (Å²) in [5.74, 6) is 0.801. The van der Waals surface area contributed by atoms with E-state index in [1.54, 1.807) is 0 Å². The summed E-state index contributed by atoms with van der Waals surface area (Å²) in [4.78, 5) is 0. The van der Waals surface area contributed by atoms with Gasteiger partial charge in [0.25, 0.3) is 0 Å². The maximum atomic E-state index is 3.48. The molecule has 0 radical (unpaired) electrons. The molecule has 1 unspecified atom stereocenters. The van der Waals surface area contributed by atoms with Crippen molar-refractivity contribution in [3.63, 3.8) is 0 Å². The van der Waals surface area contributed by atoms with Gasteiger partial charge in [0.1, 0.15) is 0 Å². The van der Waals surface area contributed by atoms with Crippen molar-refractivity contribution < 1.29 is 0 Å². The van der Waals surface area contributed by atoms with Gasteiger partial charge in [-0.2, -0.15) is 0 Å². The molecule has 1 N–H and O–H groups in total. The maximum absolute atomic E-state index is 3.48. The smallest absolute Gasteiger partial charge is 0.00232 e. The molecule has 1 aromatic rings. The van der Waals surface area contributed by atoms with Crippen molar-refractivity contribution in [2.75, 3.05) is 13.1 Å². The summed E-state index contributed by atoms with van der Waals surface area (Å²) in [7, 11) is 0. The first-order chi connectivity index (χ1) is 7.83. The van der Waals surface area contributed by atoms with Crippen LogP contribution in [0.25, 0.3) is 0 Å². The van der Waals surface area contributed by atoms with Crippen LogP contribution >= 0.6 is 0 Å². The molecule has 0 aliphatic carbocycles. The number of hydrogen-bond acceptors (Lipinski definition) is 1. The number of nitrogens with one attached hydrogen (secondary N) is 1. The maximum Gasteiger partial charge on any atom is -0.00232 e. The Morgan fingerprint density at radius 3 is 2.62 bits per heavy atom. The van der Waals surface area contributed by atoms with Crippen LogP contribution in [0, 0.1) is 5.92 Å². The van der Waals surface area contributed by atoms with Crippen molar-refractivity contribution in [2.24, 2.45) is 5.92 Å². The van der Waals surface area contributed by atoms with E-state index < -0.39 is 0 Å². The highest BCUT2D eigenvalue weighted by Gasteiger charge is 2.01. The second kappa shape index (κ2) is 8.35. The highest BCUT2D eigenvalue weighted by atomic mass is 14.8. The zero-order valence-electron chi connectivity index (χ0n) is 10.7. The Bertz CT molecular complexity index is 255. The lowest BCUT2D eigenvalue weighted by Crippen LogP contribution is -2.21. The molecule has 0 aliphatic rings. The fourth-order valence-corrected chi connectivity index (χ4v) is 1.93. The van der Waals surface area contributed by atoms with Crippen LogP contribution in [0.1, 0.15) is 38.7 Å². The highest BCUT2D eigenvalue weighted by molar-refractivity contribution is 5.14. The predicted molar refractivity (Wildman–Crippen MR) is 71.7 cm³/mol. The van der Waals surface area contributed by atoms with Crippen molar-refractivity contribution in [3.8, 4) is 0 Å². The van der Waals surface area contributed by atoms with Crippen LogP contribution in [0.4, 0.5) is 0 Å². The first-order valence-corrected chi connectivity index (χ1v) is 6.57. The standard InChI is InChI=1S/C15H25N/c1-3-12-16-13-14(2)8-7-11-15-9-5-4-6-10-15/h4-6,9-10,14,16H,3,7-8,11-13H2,1-2H3. The summed E-state index contributed by atoms with van der Waals surface area (Å²) in [5.41, 5.74) is 1.47. The van der Waals surface area contributed by atoms with Gasteiger partial charge in [-0.3, -0.25) is 0 Å². The van der Waals surface area contributed by atoms with Gasteiger partial charge in [0.2, 0.25) is 0 Å². The third-order valence-corrected chi connectivity index (χ3v) is 2.92. The molecule has 0 heterocycles. The average Bonchev–Trinajstić information content (AvgIpc) is 2.31. The Balaban J connectivity index is 2.06. The third kappa shape index (κ3) is 5.92. The van der Waals surface area contributed by atoms with Crippen molar-refractivity contribution in [1.29, 1.82) is 0 Å². The fraction of sp³-hybridized carbons (Fsp3) is 0.600. The van der Waals surface area contributed by atoms with E-state index >= 15 is 0 Å². The van der Waals surface area contributed by atoms with Crippen LogP contribution in [0.5, 0.6) is 0 Å². The van der Waals surface area contributed by atoms with E-state index in [0.717, 1.165) is 12.5 Å². The summed E-state index contributed by atoms with van der Waals surface area (Å²) in [5, 5.41) is 3.48. The Labute approximate surface area is 100 Å². The molecule has 1 heteroatoms. The molecule has 0 saturated heterocycles. The van der Waals surface area contributed by atoms with Crippen LogP contribution in [-0.4, -0.2) is 13.1 Å². The van der Waals surface area contributed by atoms with E-state index in [1.807, 2.05) is 0 Å². The number of aryl methyl sites for hydroxylation is 1. The van der Waals surface area contributed by atoms with Gasteiger partial charge in [0.15, 0.2) is 0 Å². The Hall–Kier alpha value is -0.820. The molecule has 0 aliphatic heterocycles. The molecular formula is C15H25N. The van der Waals surface area contributed by atoms with Crippen molar-refractivity contribution in [1.82, 2.24) is 5.32 Å². The zero-order valence-corrected chi connectivity index (χ0v) is 10.7. The molecule has 0 aromatic heterocycles. The summed E-state index contributed by atoms with van der Waals surface area (Å²) in [6.45, 7) is 6.88. The topological polar surface area (TPSA) is 12.0 Å². The molecule has 1 nitrogen and oxygen atoms in total. The normalized spacial score (nSPS) is 12.6. The van der Waals surface area contributed by atoms with Gasteiger partial charge in [-0.05, 0) is 50.3 Å². The molecule has 1 atom stereocenters. The SMILES string of the molecule is CCCNCC(C)CCCc1ccccc1. The van der Waals surface area contributed by atoms with Crippen LogP contribution in [0.2, 0.25) is 0 Å². The van der Waals surface area contributed by atoms with Gasteiger partial charge in [-0.25, -0.2) is 0 Å². The van der Waals surface area contributed by atoms with Gasteiger partial charge >= 0.3 is 0 Å². The Kier molecular flexibility index (Phi) is 6.91. The molecular weight excluding hydrogens is 194 g/mol. The van der Waals surface area contributed by atoms with E-state index in [-0.39, 0.29) is 0 Å². The summed E-state index contributed by atoms with van der Waals surface area (Å²) in [6, 6.07) is 10.8. The molecule has 0 saturated carbocycles. The van der Waals surface area contributed by atoms with Gasteiger partial charge in [0.05, 0.1) is 0 Å². The lowest BCUT2D eigenvalue weighted by Gasteiger charge is -2.11. The first kappa shape index (κ1) is 13.2. The molecule has 0 amide bonds. The zero-order chi connectivity index (χ0) is 11.6.